The second kappa shape index (κ2) is 8.61. The zero-order valence-electron chi connectivity index (χ0n) is 18.1. The summed E-state index contributed by atoms with van der Waals surface area (Å²) in [5.74, 6) is 0.134. The van der Waals surface area contributed by atoms with E-state index in [-0.39, 0.29) is 17.6 Å². The van der Waals surface area contributed by atoms with Gasteiger partial charge in [-0.15, -0.1) is 0 Å². The summed E-state index contributed by atoms with van der Waals surface area (Å²) < 4.78 is 20.8. The van der Waals surface area contributed by atoms with Crippen LogP contribution in [-0.2, 0) is 4.79 Å². The van der Waals surface area contributed by atoms with Crippen LogP contribution < -0.4 is 4.74 Å². The maximum atomic E-state index is 14.2. The van der Waals surface area contributed by atoms with Crippen LogP contribution in [0.25, 0.3) is 17.2 Å². The highest BCUT2D eigenvalue weighted by Crippen LogP contribution is 2.42. The van der Waals surface area contributed by atoms with Crippen LogP contribution in [0.5, 0.6) is 5.75 Å². The lowest BCUT2D eigenvalue weighted by Crippen LogP contribution is -2.48. The Kier molecular flexibility index (Phi) is 5.49. The quantitative estimate of drug-likeness (QED) is 0.535. The number of aromatic nitrogens is 4. The molecule has 0 atom stereocenters. The summed E-state index contributed by atoms with van der Waals surface area (Å²) in [5, 5.41) is 4.46. The van der Waals surface area contributed by atoms with Crippen molar-refractivity contribution in [1.82, 2.24) is 29.5 Å². The molecule has 3 heterocycles. The van der Waals surface area contributed by atoms with E-state index in [4.69, 9.17) is 4.74 Å². The summed E-state index contributed by atoms with van der Waals surface area (Å²) in [6.07, 6.45) is 5.92. The van der Waals surface area contributed by atoms with Gasteiger partial charge in [-0.25, -0.2) is 19.0 Å². The Morgan fingerprint density at radius 1 is 1.18 bits per heavy atom. The number of piperazine rings is 1. The van der Waals surface area contributed by atoms with Crippen LogP contribution in [0.15, 0.2) is 36.7 Å². The molecule has 1 saturated heterocycles. The van der Waals surface area contributed by atoms with Gasteiger partial charge in [0.05, 0.1) is 30.3 Å². The minimum Gasteiger partial charge on any atom is -0.494 e. The van der Waals surface area contributed by atoms with Crippen molar-refractivity contribution in [2.75, 3.05) is 33.3 Å². The fourth-order valence-electron chi connectivity index (χ4n) is 4.07. The summed E-state index contributed by atoms with van der Waals surface area (Å²) in [6, 6.07) is 6.34. The maximum Gasteiger partial charge on any atom is 0.257 e. The van der Waals surface area contributed by atoms with Gasteiger partial charge in [0.2, 0.25) is 6.41 Å². The number of rotatable bonds is 6. The molecule has 33 heavy (non-hydrogen) atoms. The van der Waals surface area contributed by atoms with Gasteiger partial charge >= 0.3 is 0 Å². The Bertz CT molecular complexity index is 1200. The van der Waals surface area contributed by atoms with Crippen LogP contribution in [0.4, 0.5) is 4.39 Å². The van der Waals surface area contributed by atoms with E-state index < -0.39 is 5.82 Å². The van der Waals surface area contributed by atoms with Crippen LogP contribution in [0.2, 0.25) is 0 Å². The third-order valence-corrected chi connectivity index (χ3v) is 6.03. The number of methoxy groups -OCH3 is 1. The number of benzene rings is 1. The molecule has 3 aromatic rings. The molecule has 0 spiro atoms. The van der Waals surface area contributed by atoms with Crippen molar-refractivity contribution >= 4 is 12.3 Å². The van der Waals surface area contributed by atoms with E-state index in [1.165, 1.54) is 13.2 Å². The van der Waals surface area contributed by atoms with Crippen molar-refractivity contribution in [3.05, 3.63) is 53.7 Å². The largest absolute Gasteiger partial charge is 0.494 e. The first-order chi connectivity index (χ1) is 16.1. The normalized spacial score (nSPS) is 16.1. The van der Waals surface area contributed by atoms with Gasteiger partial charge in [-0.1, -0.05) is 0 Å². The average Bonchev–Trinajstić information content (AvgIpc) is 3.61. The van der Waals surface area contributed by atoms with E-state index in [9.17, 15) is 14.0 Å². The molecular weight excluding hydrogens is 427 g/mol. The summed E-state index contributed by atoms with van der Waals surface area (Å²) >= 11 is 0. The molecule has 2 aliphatic rings. The van der Waals surface area contributed by atoms with E-state index in [1.54, 1.807) is 45.1 Å². The smallest absolute Gasteiger partial charge is 0.257 e. The van der Waals surface area contributed by atoms with Crippen molar-refractivity contribution in [1.29, 1.82) is 0 Å². The second-order valence-electron chi connectivity index (χ2n) is 8.15. The highest BCUT2D eigenvalue weighted by Gasteiger charge is 2.35. The molecular formula is C23H23FN6O3. The summed E-state index contributed by atoms with van der Waals surface area (Å²) in [6.45, 7) is 2.02. The van der Waals surface area contributed by atoms with E-state index >= 15 is 0 Å². The SMILES string of the molecule is COc1ccc(-c2ccnc(-n3ncc(C(=O)N4CCN(C=O)CC4)c3C3CC3)n2)cc1F. The van der Waals surface area contributed by atoms with E-state index in [0.29, 0.717) is 48.9 Å². The van der Waals surface area contributed by atoms with Crippen molar-refractivity contribution in [3.63, 3.8) is 0 Å². The number of hydrogen-bond donors (Lipinski definition) is 0. The molecule has 1 saturated carbocycles. The highest BCUT2D eigenvalue weighted by molar-refractivity contribution is 5.95. The molecule has 0 radical (unpaired) electrons. The fraction of sp³-hybridized carbons (Fsp3) is 0.348. The molecule has 9 nitrogen and oxygen atoms in total. The zero-order chi connectivity index (χ0) is 22.9. The minimum absolute atomic E-state index is 0.0953. The minimum atomic E-state index is -0.476. The molecule has 1 aromatic carbocycles. The number of carbonyl (C=O) groups excluding carboxylic acids is 2. The van der Waals surface area contributed by atoms with Gasteiger partial charge in [-0.05, 0) is 37.1 Å². The van der Waals surface area contributed by atoms with Gasteiger partial charge in [-0.3, -0.25) is 9.59 Å². The molecule has 1 aliphatic carbocycles. The van der Waals surface area contributed by atoms with Crippen molar-refractivity contribution < 1.29 is 18.7 Å². The van der Waals surface area contributed by atoms with Crippen LogP contribution in [0, 0.1) is 5.82 Å². The van der Waals surface area contributed by atoms with Crippen molar-refractivity contribution in [2.24, 2.45) is 0 Å². The Balaban J connectivity index is 1.46. The fourth-order valence-corrected chi connectivity index (χ4v) is 4.07. The Morgan fingerprint density at radius 3 is 2.64 bits per heavy atom. The topological polar surface area (TPSA) is 93.5 Å². The van der Waals surface area contributed by atoms with Crippen LogP contribution in [0.1, 0.15) is 34.8 Å². The number of halogens is 1. The molecule has 170 valence electrons. The number of carbonyl (C=O) groups is 2. The predicted octanol–water partition coefficient (Wildman–Crippen LogP) is 2.27. The number of hydrogen-bond acceptors (Lipinski definition) is 6. The number of ether oxygens (including phenoxy) is 1. The van der Waals surface area contributed by atoms with E-state index in [1.807, 2.05) is 0 Å². The lowest BCUT2D eigenvalue weighted by molar-refractivity contribution is -0.119. The highest BCUT2D eigenvalue weighted by atomic mass is 19.1. The monoisotopic (exact) mass is 450 g/mol. The molecule has 0 bridgehead atoms. The molecule has 0 unspecified atom stereocenters. The Morgan fingerprint density at radius 2 is 1.97 bits per heavy atom. The second-order valence-corrected chi connectivity index (χ2v) is 8.15. The third kappa shape index (κ3) is 4.04. The van der Waals surface area contributed by atoms with Gasteiger partial charge in [0.15, 0.2) is 11.6 Å². The first kappa shape index (κ1) is 21.0. The Hall–Kier alpha value is -3.82. The van der Waals surface area contributed by atoms with Crippen LogP contribution in [-0.4, -0.2) is 75.2 Å². The first-order valence-electron chi connectivity index (χ1n) is 10.8. The van der Waals surface area contributed by atoms with Gasteiger partial charge < -0.3 is 14.5 Å². The lowest BCUT2D eigenvalue weighted by Gasteiger charge is -2.32. The standard InChI is InChI=1S/C23H23FN6O3/c1-33-20-5-4-16(12-18(20)24)19-6-7-25-23(27-19)30-21(15-2-3-15)17(13-26-30)22(32)29-10-8-28(14-31)9-11-29/h4-7,12-15H,2-3,8-11H2,1H3. The third-order valence-electron chi connectivity index (χ3n) is 6.03. The van der Waals surface area contributed by atoms with Crippen LogP contribution >= 0.6 is 0 Å². The molecule has 2 amide bonds. The van der Waals surface area contributed by atoms with Gasteiger partial charge in [0, 0.05) is 43.9 Å². The summed E-state index contributed by atoms with van der Waals surface area (Å²) in [5.41, 5.74) is 2.47. The lowest BCUT2D eigenvalue weighted by atomic mass is 10.1. The van der Waals surface area contributed by atoms with Crippen molar-refractivity contribution in [3.8, 4) is 23.0 Å². The van der Waals surface area contributed by atoms with Crippen molar-refractivity contribution in [2.45, 2.75) is 18.8 Å². The number of nitrogens with zero attached hydrogens (tertiary/aromatic N) is 6. The van der Waals surface area contributed by atoms with E-state index in [0.717, 1.165) is 24.9 Å². The maximum absolute atomic E-state index is 14.2. The zero-order valence-corrected chi connectivity index (χ0v) is 18.1. The molecule has 10 heteroatoms. The predicted molar refractivity (Wildman–Crippen MR) is 117 cm³/mol. The number of amides is 2. The van der Waals surface area contributed by atoms with E-state index in [2.05, 4.69) is 15.1 Å². The molecule has 2 aromatic heterocycles. The molecule has 5 rings (SSSR count). The summed E-state index contributed by atoms with van der Waals surface area (Å²) in [4.78, 5) is 36.6. The average molecular weight is 450 g/mol. The summed E-state index contributed by atoms with van der Waals surface area (Å²) in [7, 11) is 1.42. The first-order valence-corrected chi connectivity index (χ1v) is 10.8. The van der Waals surface area contributed by atoms with Gasteiger partial charge in [0.1, 0.15) is 0 Å². The molecule has 2 fully saturated rings. The van der Waals surface area contributed by atoms with Gasteiger partial charge in [0.25, 0.3) is 11.9 Å². The molecule has 0 N–H and O–H groups in total. The molecule has 1 aliphatic heterocycles. The van der Waals surface area contributed by atoms with Gasteiger partial charge in [-0.2, -0.15) is 5.10 Å². The van der Waals surface area contributed by atoms with Crippen LogP contribution in [0.3, 0.4) is 0 Å². The Labute approximate surface area is 189 Å².